The van der Waals surface area contributed by atoms with Crippen LogP contribution in [0.25, 0.3) is 0 Å². The number of carbonyl (C=O) groups excluding carboxylic acids is 2. The minimum atomic E-state index is -4.65. The van der Waals surface area contributed by atoms with Gasteiger partial charge in [0.15, 0.2) is 6.10 Å². The van der Waals surface area contributed by atoms with Crippen LogP contribution in [-0.2, 0) is 32.7 Å². The number of nitrogens with zero attached hydrogens (tertiary/aromatic N) is 1. The number of likely N-dealkylation sites (N-methyl/N-ethyl adjacent to an activating group) is 1. The summed E-state index contributed by atoms with van der Waals surface area (Å²) in [6, 6.07) is 0. The molecule has 0 saturated heterocycles. The van der Waals surface area contributed by atoms with E-state index in [1.165, 1.54) is 122 Å². The van der Waals surface area contributed by atoms with Gasteiger partial charge in [0.25, 0.3) is 7.82 Å². The van der Waals surface area contributed by atoms with Gasteiger partial charge in [-0.05, 0) is 103 Å². The number of carbonyl (C=O) groups is 2. The van der Waals surface area contributed by atoms with E-state index < -0.39 is 32.5 Å². The van der Waals surface area contributed by atoms with Crippen molar-refractivity contribution in [2.45, 2.75) is 264 Å². The van der Waals surface area contributed by atoms with Crippen LogP contribution in [-0.4, -0.2) is 70.0 Å². The largest absolute Gasteiger partial charge is 0.756 e. The maximum Gasteiger partial charge on any atom is 0.306 e. The summed E-state index contributed by atoms with van der Waals surface area (Å²) in [4.78, 5) is 38.0. The smallest absolute Gasteiger partial charge is 0.306 e. The molecule has 0 amide bonds. The fourth-order valence-electron chi connectivity index (χ4n) is 8.43. The minimum Gasteiger partial charge on any atom is -0.756 e. The zero-order valence-electron chi connectivity index (χ0n) is 50.8. The summed E-state index contributed by atoms with van der Waals surface area (Å²) in [6.07, 6.45) is 81.4. The number of ether oxygens (including phenoxy) is 2. The monoisotopic (exact) mass is 1110 g/mol. The highest BCUT2D eigenvalue weighted by Crippen LogP contribution is 2.38. The van der Waals surface area contributed by atoms with Crippen molar-refractivity contribution < 1.29 is 42.1 Å². The molecule has 0 radical (unpaired) electrons. The lowest BCUT2D eigenvalue weighted by molar-refractivity contribution is -0.870. The first-order valence-electron chi connectivity index (χ1n) is 31.6. The first-order chi connectivity index (χ1) is 38.0. The molecule has 9 nitrogen and oxygen atoms in total. The fourth-order valence-corrected chi connectivity index (χ4v) is 9.16. The Labute approximate surface area is 480 Å². The molecule has 0 aromatic heterocycles. The number of unbranched alkanes of at least 4 members (excludes halogenated alkanes) is 25. The van der Waals surface area contributed by atoms with E-state index in [-0.39, 0.29) is 26.1 Å². The Morgan fingerprint density at radius 2 is 0.731 bits per heavy atom. The van der Waals surface area contributed by atoms with Gasteiger partial charge >= 0.3 is 11.9 Å². The van der Waals surface area contributed by atoms with Gasteiger partial charge in [0, 0.05) is 12.8 Å². The SMILES string of the molecule is CC/C=C\C/C=C\C/C=C\C/C=C\C/C=C\C/C=C\CCCCCCCCCCCCCCC(=O)OC(COC(=O)CCCCCCCCCC/C=C\C/C=C\C/C=C\CCCCCCC)COP(=O)([O-])OCC[N+](C)(C)C. The standard InChI is InChI=1S/C68H118NO8P/c1-6-8-10-12-14-16-18-20-22-24-26-28-30-31-32-33-34-35-36-37-39-41-43-45-47-49-51-53-55-57-59-61-68(71)77-66(65-76-78(72,73)75-63-62-69(3,4)5)64-74-67(70)60-58-56-54-52-50-48-46-44-42-40-38-29-27-25-23-21-19-17-15-13-11-9-7-2/h8,10,14,16,19-22,25-28,31-32,34-35,38,40,66H,6-7,9,11-13,15,17-18,23-24,29-30,33,36-37,39,41-65H2,1-5H3/b10-8-,16-14-,21-19-,22-20-,27-25-,28-26-,32-31-,35-34-,40-38-. The minimum absolute atomic E-state index is 0.0372. The van der Waals surface area contributed by atoms with Crippen LogP contribution in [0.2, 0.25) is 0 Å². The third kappa shape index (κ3) is 61.9. The van der Waals surface area contributed by atoms with Crippen LogP contribution < -0.4 is 4.89 Å². The van der Waals surface area contributed by atoms with E-state index in [1.54, 1.807) is 0 Å². The lowest BCUT2D eigenvalue weighted by Crippen LogP contribution is -2.37. The van der Waals surface area contributed by atoms with Crippen LogP contribution in [0.1, 0.15) is 258 Å². The number of phosphoric acid groups is 1. The van der Waals surface area contributed by atoms with Gasteiger partial charge < -0.3 is 27.9 Å². The van der Waals surface area contributed by atoms with Crippen molar-refractivity contribution in [2.75, 3.05) is 47.5 Å². The van der Waals surface area contributed by atoms with Crippen LogP contribution in [0.3, 0.4) is 0 Å². The molecule has 0 aliphatic heterocycles. The van der Waals surface area contributed by atoms with E-state index in [2.05, 4.69) is 123 Å². The summed E-state index contributed by atoms with van der Waals surface area (Å²) < 4.78 is 34.2. The number of quaternary nitrogens is 1. The molecule has 10 heteroatoms. The van der Waals surface area contributed by atoms with Crippen molar-refractivity contribution in [3.8, 4) is 0 Å². The van der Waals surface area contributed by atoms with Gasteiger partial charge in [0.1, 0.15) is 19.8 Å². The normalized spacial score (nSPS) is 14.0. The molecular weight excluding hydrogens is 990 g/mol. The molecule has 0 aromatic carbocycles. The van der Waals surface area contributed by atoms with Gasteiger partial charge in [-0.3, -0.25) is 14.2 Å². The summed E-state index contributed by atoms with van der Waals surface area (Å²) in [5.41, 5.74) is 0. The molecule has 0 fully saturated rings. The van der Waals surface area contributed by atoms with E-state index in [0.717, 1.165) is 103 Å². The highest BCUT2D eigenvalue weighted by Gasteiger charge is 2.22. The first-order valence-corrected chi connectivity index (χ1v) is 33.1. The molecule has 0 spiro atoms. The molecule has 0 saturated carbocycles. The van der Waals surface area contributed by atoms with Gasteiger partial charge in [0.05, 0.1) is 27.7 Å². The molecule has 2 unspecified atom stereocenters. The van der Waals surface area contributed by atoms with Gasteiger partial charge in [-0.15, -0.1) is 0 Å². The summed E-state index contributed by atoms with van der Waals surface area (Å²) in [5, 5.41) is 0. The molecule has 78 heavy (non-hydrogen) atoms. The Hall–Kier alpha value is -3.33. The molecule has 2 atom stereocenters. The van der Waals surface area contributed by atoms with Crippen LogP contribution in [0.4, 0.5) is 0 Å². The summed E-state index contributed by atoms with van der Waals surface area (Å²) >= 11 is 0. The molecule has 0 bridgehead atoms. The van der Waals surface area contributed by atoms with Crippen molar-refractivity contribution in [3.05, 3.63) is 109 Å². The highest BCUT2D eigenvalue weighted by atomic mass is 31.2. The molecular formula is C68H118NO8P. The lowest BCUT2D eigenvalue weighted by atomic mass is 10.0. The first kappa shape index (κ1) is 74.7. The van der Waals surface area contributed by atoms with Crippen molar-refractivity contribution in [2.24, 2.45) is 0 Å². The van der Waals surface area contributed by atoms with Crippen molar-refractivity contribution in [1.82, 2.24) is 0 Å². The average Bonchev–Trinajstić information content (AvgIpc) is 3.40. The molecule has 0 aliphatic rings. The maximum atomic E-state index is 12.8. The van der Waals surface area contributed by atoms with Crippen molar-refractivity contribution in [3.63, 3.8) is 0 Å². The number of phosphoric ester groups is 1. The number of rotatable bonds is 57. The average molecular weight is 1110 g/mol. The van der Waals surface area contributed by atoms with E-state index in [1.807, 2.05) is 21.1 Å². The third-order valence-electron chi connectivity index (χ3n) is 13.3. The number of esters is 2. The molecule has 0 rings (SSSR count). The summed E-state index contributed by atoms with van der Waals surface area (Å²) in [5.74, 6) is -0.845. The Bertz CT molecular complexity index is 1680. The molecule has 0 aliphatic carbocycles. The Morgan fingerprint density at radius 1 is 0.410 bits per heavy atom. The van der Waals surface area contributed by atoms with Gasteiger partial charge in [-0.1, -0.05) is 252 Å². The zero-order valence-corrected chi connectivity index (χ0v) is 51.7. The van der Waals surface area contributed by atoms with Gasteiger partial charge in [0.2, 0.25) is 0 Å². The number of allylic oxidation sites excluding steroid dienone is 18. The predicted molar refractivity (Wildman–Crippen MR) is 332 cm³/mol. The quantitative estimate of drug-likeness (QED) is 0.0195. The molecule has 0 heterocycles. The Morgan fingerprint density at radius 3 is 1.09 bits per heavy atom. The van der Waals surface area contributed by atoms with E-state index in [4.69, 9.17) is 18.5 Å². The number of hydrogen-bond donors (Lipinski definition) is 0. The van der Waals surface area contributed by atoms with Crippen LogP contribution >= 0.6 is 7.82 Å². The predicted octanol–water partition coefficient (Wildman–Crippen LogP) is 19.5. The second-order valence-electron chi connectivity index (χ2n) is 22.0. The second-order valence-corrected chi connectivity index (χ2v) is 23.4. The summed E-state index contributed by atoms with van der Waals surface area (Å²) in [6.45, 7) is 4.11. The zero-order chi connectivity index (χ0) is 57.0. The van der Waals surface area contributed by atoms with E-state index >= 15 is 0 Å². The molecule has 0 N–H and O–H groups in total. The van der Waals surface area contributed by atoms with E-state index in [9.17, 15) is 19.0 Å². The summed E-state index contributed by atoms with van der Waals surface area (Å²) in [7, 11) is 1.15. The Kier molecular flexibility index (Phi) is 55.8. The van der Waals surface area contributed by atoms with Crippen LogP contribution in [0.15, 0.2) is 109 Å². The van der Waals surface area contributed by atoms with Crippen LogP contribution in [0.5, 0.6) is 0 Å². The lowest BCUT2D eigenvalue weighted by Gasteiger charge is -2.28. The van der Waals surface area contributed by atoms with Gasteiger partial charge in [-0.2, -0.15) is 0 Å². The third-order valence-corrected chi connectivity index (χ3v) is 14.2. The van der Waals surface area contributed by atoms with E-state index in [0.29, 0.717) is 17.4 Å². The highest BCUT2D eigenvalue weighted by molar-refractivity contribution is 7.45. The van der Waals surface area contributed by atoms with Gasteiger partial charge in [-0.25, -0.2) is 0 Å². The fraction of sp³-hybridized carbons (Fsp3) is 0.706. The molecule has 448 valence electrons. The van der Waals surface area contributed by atoms with Crippen molar-refractivity contribution in [1.29, 1.82) is 0 Å². The van der Waals surface area contributed by atoms with Crippen LogP contribution in [0, 0.1) is 0 Å². The molecule has 0 aromatic rings. The Balaban J connectivity index is 4.15. The maximum absolute atomic E-state index is 12.8. The topological polar surface area (TPSA) is 111 Å². The second kappa shape index (κ2) is 58.3. The van der Waals surface area contributed by atoms with Crippen molar-refractivity contribution >= 4 is 19.8 Å². The number of hydrogen-bond acceptors (Lipinski definition) is 8.